The van der Waals surface area contributed by atoms with Crippen molar-refractivity contribution in [2.45, 2.75) is 258 Å². The molecule has 0 aromatic carbocycles. The number of unbranched alkanes of at least 4 members (excludes halogenated alkanes) is 20. The molecule has 0 aliphatic heterocycles. The van der Waals surface area contributed by atoms with Gasteiger partial charge in [0.2, 0.25) is 5.91 Å². The number of phosphoric ester groups is 1. The molecule has 0 spiro atoms. The van der Waals surface area contributed by atoms with E-state index in [-0.39, 0.29) is 31.3 Å². The number of nitrogens with one attached hydrogen (secondary N) is 1. The zero-order chi connectivity index (χ0) is 58.6. The Morgan fingerprint density at radius 1 is 0.450 bits per heavy atom. The summed E-state index contributed by atoms with van der Waals surface area (Å²) in [4.78, 5) is 39.9. The number of quaternary nitrogens is 1. The highest BCUT2D eigenvalue weighted by Gasteiger charge is 2.27. The van der Waals surface area contributed by atoms with Gasteiger partial charge in [-0.3, -0.25) is 14.2 Å². The Labute approximate surface area is 492 Å². The van der Waals surface area contributed by atoms with Crippen LogP contribution in [0.3, 0.4) is 0 Å². The number of carbonyl (C=O) groups excluding carboxylic acids is 2. The number of amides is 1. The lowest BCUT2D eigenvalue weighted by Crippen LogP contribution is -2.47. The van der Waals surface area contributed by atoms with Gasteiger partial charge in [-0.15, -0.1) is 0 Å². The summed E-state index contributed by atoms with van der Waals surface area (Å²) in [6.45, 7) is 6.53. The van der Waals surface area contributed by atoms with Crippen LogP contribution in [0.4, 0.5) is 0 Å². The second-order valence-electron chi connectivity index (χ2n) is 22.1. The second kappa shape index (κ2) is 58.4. The first-order chi connectivity index (χ1) is 38.9. The Morgan fingerprint density at radius 3 is 1.23 bits per heavy atom. The average Bonchev–Trinajstić information content (AvgIpc) is 3.43. The number of nitrogens with zero attached hydrogens (tertiary/aromatic N) is 1. The maximum Gasteiger partial charge on any atom is 0.306 e. The van der Waals surface area contributed by atoms with Crippen molar-refractivity contribution in [2.75, 3.05) is 40.9 Å². The first-order valence-electron chi connectivity index (χ1n) is 32.0. The van der Waals surface area contributed by atoms with E-state index in [0.717, 1.165) is 109 Å². The number of allylic oxidation sites excluding steroid dienone is 21. The molecule has 0 aromatic heterocycles. The fourth-order valence-electron chi connectivity index (χ4n) is 8.48. The van der Waals surface area contributed by atoms with Crippen LogP contribution in [-0.4, -0.2) is 69.4 Å². The van der Waals surface area contributed by atoms with Crippen LogP contribution < -0.4 is 10.2 Å². The van der Waals surface area contributed by atoms with Crippen molar-refractivity contribution in [1.82, 2.24) is 5.32 Å². The summed E-state index contributed by atoms with van der Waals surface area (Å²) >= 11 is 0. The number of ether oxygens (including phenoxy) is 1. The number of hydrogen-bond donors (Lipinski definition) is 1. The van der Waals surface area contributed by atoms with Gasteiger partial charge in [-0.1, -0.05) is 258 Å². The van der Waals surface area contributed by atoms with Crippen molar-refractivity contribution in [3.05, 3.63) is 134 Å². The van der Waals surface area contributed by atoms with Gasteiger partial charge < -0.3 is 28.5 Å². The zero-order valence-corrected chi connectivity index (χ0v) is 52.9. The van der Waals surface area contributed by atoms with Crippen molar-refractivity contribution < 1.29 is 37.3 Å². The summed E-state index contributed by atoms with van der Waals surface area (Å²) in [5.41, 5.74) is 0. The van der Waals surface area contributed by atoms with Gasteiger partial charge in [0.05, 0.1) is 33.8 Å². The van der Waals surface area contributed by atoms with Crippen molar-refractivity contribution >= 4 is 19.7 Å². The van der Waals surface area contributed by atoms with E-state index in [1.807, 2.05) is 39.4 Å². The third kappa shape index (κ3) is 58.8. The van der Waals surface area contributed by atoms with Gasteiger partial charge in [0.1, 0.15) is 19.3 Å². The molecule has 1 N–H and O–H groups in total. The molecule has 10 heteroatoms. The Kier molecular flexibility index (Phi) is 55.5. The average molecular weight is 1130 g/mol. The number of carbonyl (C=O) groups is 2. The Morgan fingerprint density at radius 2 is 0.812 bits per heavy atom. The lowest BCUT2D eigenvalue weighted by molar-refractivity contribution is -0.870. The fourth-order valence-corrected chi connectivity index (χ4v) is 9.20. The lowest BCUT2D eigenvalue weighted by atomic mass is 10.0. The molecule has 0 saturated carbocycles. The number of likely N-dealkylation sites (N-methyl/N-ethyl adjacent to an activating group) is 1. The summed E-state index contributed by atoms with van der Waals surface area (Å²) in [6, 6.07) is -0.938. The molecule has 0 rings (SSSR count). The van der Waals surface area contributed by atoms with E-state index in [4.69, 9.17) is 13.8 Å². The van der Waals surface area contributed by atoms with Crippen LogP contribution >= 0.6 is 7.82 Å². The molecule has 0 radical (unpaired) electrons. The standard InChI is InChI=1S/C70H119N2O7P/c1-7-10-13-16-19-22-25-27-29-31-32-33-34-35-36-37-38-39-40-41-43-45-48-51-54-57-60-63-70(74)79-68(61-58-55-52-49-46-24-21-18-15-12-9-3)67(66-78-80(75,76)77-65-64-72(4,5)6)71-69(73)62-59-56-53-50-47-44-42-30-28-26-23-20-17-14-11-8-2/h10-11,13-14,19-20,22-23,27-30,32-33,35-36,44,47,53,56,58,61,67-68H,7-9,12,15-18,21,24-26,31,34,37-43,45-46,48-52,54-55,57,59-60,62-66H2,1-6H3,(H-,71,73,75,76)/b13-10-,14-11+,22-19-,23-20+,29-27-,30-28+,33-32-,36-35-,47-44+,56-53+,61-58-. The van der Waals surface area contributed by atoms with Crippen LogP contribution in [0.1, 0.15) is 245 Å². The normalized spacial score (nSPS) is 14.5. The topological polar surface area (TPSA) is 114 Å². The third-order valence-electron chi connectivity index (χ3n) is 13.3. The maximum absolute atomic E-state index is 13.5. The maximum atomic E-state index is 13.5. The van der Waals surface area contributed by atoms with Crippen LogP contribution in [-0.2, 0) is 27.9 Å². The summed E-state index contributed by atoms with van der Waals surface area (Å²) in [7, 11) is 1.12. The number of rotatable bonds is 56. The zero-order valence-electron chi connectivity index (χ0n) is 52.0. The molecule has 9 nitrogen and oxygen atoms in total. The van der Waals surface area contributed by atoms with Gasteiger partial charge in [0.15, 0.2) is 0 Å². The van der Waals surface area contributed by atoms with Gasteiger partial charge in [-0.05, 0) is 109 Å². The number of phosphoric acid groups is 1. The monoisotopic (exact) mass is 1130 g/mol. The third-order valence-corrected chi connectivity index (χ3v) is 14.3. The molecule has 0 bridgehead atoms. The molecular weight excluding hydrogens is 1010 g/mol. The van der Waals surface area contributed by atoms with E-state index in [0.29, 0.717) is 23.9 Å². The highest BCUT2D eigenvalue weighted by molar-refractivity contribution is 7.45. The molecular formula is C70H119N2O7P. The molecule has 3 unspecified atom stereocenters. The predicted molar refractivity (Wildman–Crippen MR) is 343 cm³/mol. The van der Waals surface area contributed by atoms with Crippen molar-refractivity contribution in [1.29, 1.82) is 0 Å². The molecule has 0 aromatic rings. The van der Waals surface area contributed by atoms with E-state index in [1.54, 1.807) is 6.08 Å². The molecule has 0 aliphatic carbocycles. The van der Waals surface area contributed by atoms with Crippen LogP contribution in [0.5, 0.6) is 0 Å². The first kappa shape index (κ1) is 76.1. The minimum absolute atomic E-state index is 0.0426. The highest BCUT2D eigenvalue weighted by atomic mass is 31.2. The van der Waals surface area contributed by atoms with Gasteiger partial charge in [-0.25, -0.2) is 0 Å². The Hall–Kier alpha value is -3.85. The molecule has 3 atom stereocenters. The van der Waals surface area contributed by atoms with Gasteiger partial charge >= 0.3 is 5.97 Å². The predicted octanol–water partition coefficient (Wildman–Crippen LogP) is 19.4. The van der Waals surface area contributed by atoms with Crippen LogP contribution in [0.15, 0.2) is 134 Å². The molecule has 0 fully saturated rings. The van der Waals surface area contributed by atoms with Crippen LogP contribution in [0.2, 0.25) is 0 Å². The minimum atomic E-state index is -4.73. The molecule has 80 heavy (non-hydrogen) atoms. The summed E-state index contributed by atoms with van der Waals surface area (Å²) in [5.74, 6) is -0.650. The first-order valence-corrected chi connectivity index (χ1v) is 33.5. The number of esters is 1. The van der Waals surface area contributed by atoms with Crippen LogP contribution in [0, 0.1) is 0 Å². The minimum Gasteiger partial charge on any atom is -0.756 e. The van der Waals surface area contributed by atoms with E-state index in [2.05, 4.69) is 135 Å². The van der Waals surface area contributed by atoms with Crippen molar-refractivity contribution in [3.63, 3.8) is 0 Å². The van der Waals surface area contributed by atoms with Crippen molar-refractivity contribution in [2.24, 2.45) is 0 Å². The fraction of sp³-hybridized carbons (Fsp3) is 0.657. The molecule has 1 amide bonds. The Bertz CT molecular complexity index is 1830. The van der Waals surface area contributed by atoms with Crippen LogP contribution in [0.25, 0.3) is 0 Å². The van der Waals surface area contributed by atoms with Crippen molar-refractivity contribution in [3.8, 4) is 0 Å². The van der Waals surface area contributed by atoms with E-state index >= 15 is 0 Å². The van der Waals surface area contributed by atoms with E-state index < -0.39 is 26.6 Å². The lowest BCUT2D eigenvalue weighted by Gasteiger charge is -2.30. The highest BCUT2D eigenvalue weighted by Crippen LogP contribution is 2.38. The largest absolute Gasteiger partial charge is 0.756 e. The smallest absolute Gasteiger partial charge is 0.306 e. The summed E-state index contributed by atoms with van der Waals surface area (Å²) in [6.07, 6.45) is 83.1. The number of hydrogen-bond acceptors (Lipinski definition) is 7. The summed E-state index contributed by atoms with van der Waals surface area (Å²) < 4.78 is 30.2. The van der Waals surface area contributed by atoms with E-state index in [9.17, 15) is 19.0 Å². The SMILES string of the molecule is CC/C=C\C/C=C\C/C=C\C/C=C\C/C=C\CCCCCCCCCCCCCC(=O)OC(/C=C\CCCCCCCCCCC)C(COP(=O)([O-])OCC[N+](C)(C)C)NC(=O)CC/C=C/C/C=C/C/C=C/C/C=C/C/C=C/CC. The van der Waals surface area contributed by atoms with Gasteiger partial charge in [0.25, 0.3) is 7.82 Å². The van der Waals surface area contributed by atoms with Gasteiger partial charge in [-0.2, -0.15) is 0 Å². The van der Waals surface area contributed by atoms with E-state index in [1.165, 1.54) is 89.9 Å². The Balaban J connectivity index is 5.16. The van der Waals surface area contributed by atoms with Gasteiger partial charge in [0, 0.05) is 12.8 Å². The second-order valence-corrected chi connectivity index (χ2v) is 23.6. The quantitative estimate of drug-likeness (QED) is 0.0212. The molecule has 0 heterocycles. The molecule has 456 valence electrons. The summed E-state index contributed by atoms with van der Waals surface area (Å²) in [5, 5.41) is 2.97. The molecule has 0 aliphatic rings. The molecule has 0 saturated heterocycles.